The van der Waals surface area contributed by atoms with Gasteiger partial charge in [-0.3, -0.25) is 10.2 Å². The van der Waals surface area contributed by atoms with Crippen LogP contribution in [0.2, 0.25) is 0 Å². The summed E-state index contributed by atoms with van der Waals surface area (Å²) >= 11 is 1.47. The number of nitrogens with zero attached hydrogens (tertiary/aromatic N) is 1. The van der Waals surface area contributed by atoms with Gasteiger partial charge in [0.1, 0.15) is 4.88 Å². The highest BCUT2D eigenvalue weighted by atomic mass is 32.1. The van der Waals surface area contributed by atoms with Crippen LogP contribution in [0.15, 0.2) is 0 Å². The molecule has 0 bridgehead atoms. The molecule has 1 aromatic heterocycles. The van der Waals surface area contributed by atoms with E-state index in [1.54, 1.807) is 0 Å². The van der Waals surface area contributed by atoms with E-state index >= 15 is 0 Å². The van der Waals surface area contributed by atoms with Gasteiger partial charge in [-0.25, -0.2) is 10.8 Å². The molecule has 1 amide bonds. The number of hydrogen-bond acceptors (Lipinski definition) is 4. The number of hydrazine groups is 1. The molecule has 17 heavy (non-hydrogen) atoms. The lowest BCUT2D eigenvalue weighted by Gasteiger charge is -2.07. The number of nitrogens with two attached hydrogens (primary N) is 1. The molecule has 96 valence electrons. The Kier molecular flexibility index (Phi) is 5.08. The summed E-state index contributed by atoms with van der Waals surface area (Å²) in [7, 11) is 0. The van der Waals surface area contributed by atoms with Crippen LogP contribution in [-0.2, 0) is 0 Å². The molecule has 1 rings (SSSR count). The smallest absolute Gasteiger partial charge is 0.277 e. The van der Waals surface area contributed by atoms with E-state index in [0.717, 1.165) is 23.5 Å². The Balaban J connectivity index is 3.16. The van der Waals surface area contributed by atoms with Crippen molar-refractivity contribution in [1.29, 1.82) is 0 Å². The van der Waals surface area contributed by atoms with Crippen molar-refractivity contribution >= 4 is 17.2 Å². The minimum absolute atomic E-state index is 0.233. The summed E-state index contributed by atoms with van der Waals surface area (Å²) in [5, 5.41) is 1.05. The maximum atomic E-state index is 11.7. The van der Waals surface area contributed by atoms with Crippen molar-refractivity contribution in [3.05, 3.63) is 15.6 Å². The van der Waals surface area contributed by atoms with Gasteiger partial charge in [-0.15, -0.1) is 11.3 Å². The minimum atomic E-state index is -0.233. The van der Waals surface area contributed by atoms with E-state index in [1.165, 1.54) is 11.3 Å². The number of nitrogen functional groups attached to an aromatic ring is 1. The quantitative estimate of drug-likeness (QED) is 0.483. The molecule has 0 atom stereocenters. The first-order valence-electron chi connectivity index (χ1n) is 6.06. The van der Waals surface area contributed by atoms with E-state index in [1.807, 2.05) is 13.8 Å². The highest BCUT2D eigenvalue weighted by molar-refractivity contribution is 7.13. The zero-order valence-corrected chi connectivity index (χ0v) is 11.7. The van der Waals surface area contributed by atoms with Crippen LogP contribution in [0, 0.1) is 0 Å². The molecule has 0 fully saturated rings. The third kappa shape index (κ3) is 3.04. The lowest BCUT2D eigenvalue weighted by atomic mass is 10.0. The van der Waals surface area contributed by atoms with Crippen LogP contribution in [0.5, 0.6) is 0 Å². The van der Waals surface area contributed by atoms with Crippen molar-refractivity contribution in [2.45, 2.75) is 52.4 Å². The summed E-state index contributed by atoms with van der Waals surface area (Å²) in [6.07, 6.45) is 2.09. The maximum absolute atomic E-state index is 11.7. The van der Waals surface area contributed by atoms with Gasteiger partial charge in [0.05, 0.1) is 10.7 Å². The SMILES string of the molecule is CCC(CC)c1nc(C(C)C)c(C(=O)NN)s1. The molecule has 4 nitrogen and oxygen atoms in total. The molecule has 1 heterocycles. The number of thiazole rings is 1. The number of aromatic nitrogens is 1. The molecule has 3 N–H and O–H groups in total. The summed E-state index contributed by atoms with van der Waals surface area (Å²) in [6, 6.07) is 0. The molecule has 0 unspecified atom stereocenters. The number of nitrogens with one attached hydrogen (secondary N) is 1. The van der Waals surface area contributed by atoms with E-state index in [9.17, 15) is 4.79 Å². The first kappa shape index (κ1) is 14.1. The summed E-state index contributed by atoms with van der Waals surface area (Å²) in [4.78, 5) is 17.0. The van der Waals surface area contributed by atoms with E-state index in [0.29, 0.717) is 10.8 Å². The number of amides is 1. The normalized spacial score (nSPS) is 11.2. The van der Waals surface area contributed by atoms with Crippen molar-refractivity contribution in [3.63, 3.8) is 0 Å². The summed E-state index contributed by atoms with van der Waals surface area (Å²) in [5.41, 5.74) is 3.06. The standard InChI is InChI=1S/C12H21N3OS/c1-5-8(6-2)12-14-9(7(3)4)10(17-12)11(16)15-13/h7-8H,5-6,13H2,1-4H3,(H,15,16). The van der Waals surface area contributed by atoms with Gasteiger partial charge in [0.25, 0.3) is 5.91 Å². The second-order valence-electron chi connectivity index (χ2n) is 4.41. The van der Waals surface area contributed by atoms with Crippen LogP contribution >= 0.6 is 11.3 Å². The average molecular weight is 255 g/mol. The fourth-order valence-corrected chi connectivity index (χ4v) is 3.17. The Morgan fingerprint density at radius 1 is 1.41 bits per heavy atom. The molecule has 1 aromatic rings. The Labute approximate surface area is 107 Å². The van der Waals surface area contributed by atoms with E-state index in [-0.39, 0.29) is 11.8 Å². The van der Waals surface area contributed by atoms with E-state index < -0.39 is 0 Å². The second-order valence-corrected chi connectivity index (χ2v) is 5.44. The number of carbonyl (C=O) groups is 1. The third-order valence-electron chi connectivity index (χ3n) is 2.89. The van der Waals surface area contributed by atoms with Gasteiger partial charge in [0.15, 0.2) is 0 Å². The summed E-state index contributed by atoms with van der Waals surface area (Å²) < 4.78 is 0. The Hall–Kier alpha value is -0.940. The Morgan fingerprint density at radius 3 is 2.41 bits per heavy atom. The molecular formula is C12H21N3OS. The van der Waals surface area contributed by atoms with Crippen molar-refractivity contribution in [3.8, 4) is 0 Å². The predicted octanol–water partition coefficient (Wildman–Crippen LogP) is 2.77. The highest BCUT2D eigenvalue weighted by Gasteiger charge is 2.22. The maximum Gasteiger partial charge on any atom is 0.277 e. The van der Waals surface area contributed by atoms with Crippen molar-refractivity contribution in [2.24, 2.45) is 5.84 Å². The molecule has 0 spiro atoms. The zero-order valence-electron chi connectivity index (χ0n) is 10.9. The molecule has 5 heteroatoms. The third-order valence-corrected chi connectivity index (χ3v) is 4.12. The van der Waals surface area contributed by atoms with Crippen LogP contribution in [0.25, 0.3) is 0 Å². The molecule has 0 radical (unpaired) electrons. The van der Waals surface area contributed by atoms with Crippen LogP contribution in [0.4, 0.5) is 0 Å². The fraction of sp³-hybridized carbons (Fsp3) is 0.667. The lowest BCUT2D eigenvalue weighted by molar-refractivity contribution is 0.0956. The van der Waals surface area contributed by atoms with Crippen LogP contribution in [0.3, 0.4) is 0 Å². The number of carbonyl (C=O) groups excluding carboxylic acids is 1. The van der Waals surface area contributed by atoms with Crippen molar-refractivity contribution in [1.82, 2.24) is 10.4 Å². The van der Waals surface area contributed by atoms with E-state index in [2.05, 4.69) is 24.3 Å². The van der Waals surface area contributed by atoms with Crippen molar-refractivity contribution in [2.75, 3.05) is 0 Å². The molecule has 0 saturated carbocycles. The predicted molar refractivity (Wildman–Crippen MR) is 71.2 cm³/mol. The number of hydrogen-bond donors (Lipinski definition) is 2. The largest absolute Gasteiger partial charge is 0.289 e. The van der Waals surface area contributed by atoms with Gasteiger partial charge in [-0.1, -0.05) is 27.7 Å². The Morgan fingerprint density at radius 2 is 2.00 bits per heavy atom. The van der Waals surface area contributed by atoms with Crippen LogP contribution in [-0.4, -0.2) is 10.9 Å². The molecule has 0 aliphatic rings. The topological polar surface area (TPSA) is 68.0 Å². The zero-order chi connectivity index (χ0) is 13.0. The lowest BCUT2D eigenvalue weighted by Crippen LogP contribution is -2.30. The summed E-state index contributed by atoms with van der Waals surface area (Å²) in [5.74, 6) is 5.65. The molecular weight excluding hydrogens is 234 g/mol. The minimum Gasteiger partial charge on any atom is -0.289 e. The van der Waals surface area contributed by atoms with Crippen molar-refractivity contribution < 1.29 is 4.79 Å². The fourth-order valence-electron chi connectivity index (χ4n) is 1.78. The highest BCUT2D eigenvalue weighted by Crippen LogP contribution is 2.32. The molecule has 0 aromatic carbocycles. The Bertz CT molecular complexity index is 383. The van der Waals surface area contributed by atoms with E-state index in [4.69, 9.17) is 5.84 Å². The molecule has 0 saturated heterocycles. The number of rotatable bonds is 5. The monoisotopic (exact) mass is 255 g/mol. The van der Waals surface area contributed by atoms with Gasteiger partial charge < -0.3 is 0 Å². The van der Waals surface area contributed by atoms with Gasteiger partial charge in [0, 0.05) is 5.92 Å². The molecule has 0 aliphatic carbocycles. The van der Waals surface area contributed by atoms with Gasteiger partial charge in [0.2, 0.25) is 0 Å². The van der Waals surface area contributed by atoms with Gasteiger partial charge in [-0.2, -0.15) is 0 Å². The van der Waals surface area contributed by atoms with Gasteiger partial charge in [-0.05, 0) is 18.8 Å². The summed E-state index contributed by atoms with van der Waals surface area (Å²) in [6.45, 7) is 8.37. The molecule has 0 aliphatic heterocycles. The first-order valence-corrected chi connectivity index (χ1v) is 6.88. The second kappa shape index (κ2) is 6.12. The van der Waals surface area contributed by atoms with Crippen LogP contribution in [0.1, 0.15) is 72.7 Å². The average Bonchev–Trinajstić information content (AvgIpc) is 2.75. The van der Waals surface area contributed by atoms with Gasteiger partial charge >= 0.3 is 0 Å². The first-order chi connectivity index (χ1) is 8.04. The van der Waals surface area contributed by atoms with Crippen LogP contribution < -0.4 is 11.3 Å².